The molecule has 6 nitrogen and oxygen atoms in total. The van der Waals surface area contributed by atoms with Crippen molar-refractivity contribution < 1.29 is 13.9 Å². The second kappa shape index (κ2) is 7.79. The van der Waals surface area contributed by atoms with Crippen molar-refractivity contribution in [3.8, 4) is 17.6 Å². The van der Waals surface area contributed by atoms with Crippen LogP contribution < -0.4 is 14.8 Å². The number of nitriles is 1. The number of benzene rings is 2. The summed E-state index contributed by atoms with van der Waals surface area (Å²) in [6, 6.07) is 14.0. The molecule has 7 heteroatoms. The van der Waals surface area contributed by atoms with Gasteiger partial charge in [0, 0.05) is 18.2 Å². The van der Waals surface area contributed by atoms with Crippen LogP contribution in [0.1, 0.15) is 16.8 Å². The zero-order valence-electron chi connectivity index (χ0n) is 15.3. The molecule has 1 heterocycles. The molecular formula is C20H19FN4O2. The number of nitrogens with zero attached hydrogens (tertiary/aromatic N) is 3. The minimum absolute atomic E-state index is 0.0691. The van der Waals surface area contributed by atoms with Crippen molar-refractivity contribution in [1.29, 1.82) is 5.26 Å². The predicted octanol–water partition coefficient (Wildman–Crippen LogP) is 4.01. The Balaban J connectivity index is 1.90. The Morgan fingerprint density at radius 3 is 2.52 bits per heavy atom. The predicted molar refractivity (Wildman–Crippen MR) is 100 cm³/mol. The minimum atomic E-state index is -0.612. The molecule has 0 aliphatic rings. The highest BCUT2D eigenvalue weighted by atomic mass is 19.1. The molecule has 27 heavy (non-hydrogen) atoms. The number of hydrogen-bond acceptors (Lipinski definition) is 5. The summed E-state index contributed by atoms with van der Waals surface area (Å²) in [5, 5.41) is 16.6. The summed E-state index contributed by atoms with van der Waals surface area (Å²) in [6.07, 6.45) is 0. The molecule has 0 radical (unpaired) electrons. The number of aryl methyl sites for hydroxylation is 1. The van der Waals surface area contributed by atoms with E-state index in [0.29, 0.717) is 23.8 Å². The number of halogens is 1. The fourth-order valence-corrected chi connectivity index (χ4v) is 2.71. The summed E-state index contributed by atoms with van der Waals surface area (Å²) >= 11 is 0. The maximum atomic E-state index is 14.0. The van der Waals surface area contributed by atoms with Crippen LogP contribution >= 0.6 is 0 Å². The molecule has 0 atom stereocenters. The quantitative estimate of drug-likeness (QED) is 0.714. The SMILES string of the molecule is COc1ccc(Cn2nc(C)cc2Nc2cc(F)c(C#N)cc2OC)cc1. The van der Waals surface area contributed by atoms with Gasteiger partial charge < -0.3 is 14.8 Å². The molecule has 138 valence electrons. The van der Waals surface area contributed by atoms with Gasteiger partial charge in [-0.05, 0) is 24.6 Å². The molecule has 3 aromatic rings. The van der Waals surface area contributed by atoms with E-state index in [1.807, 2.05) is 43.3 Å². The maximum Gasteiger partial charge on any atom is 0.143 e. The Kier molecular flexibility index (Phi) is 5.27. The molecule has 2 aromatic carbocycles. The van der Waals surface area contributed by atoms with Gasteiger partial charge in [0.1, 0.15) is 29.2 Å². The molecule has 0 saturated heterocycles. The highest BCUT2D eigenvalue weighted by Crippen LogP contribution is 2.31. The summed E-state index contributed by atoms with van der Waals surface area (Å²) in [6.45, 7) is 2.41. The molecule has 0 spiro atoms. The van der Waals surface area contributed by atoms with Crippen LogP contribution in [0.5, 0.6) is 11.5 Å². The normalized spacial score (nSPS) is 10.3. The monoisotopic (exact) mass is 366 g/mol. The first-order chi connectivity index (χ1) is 13.0. The first-order valence-corrected chi connectivity index (χ1v) is 8.26. The third-order valence-corrected chi connectivity index (χ3v) is 4.07. The average Bonchev–Trinajstić information content (AvgIpc) is 3.01. The third-order valence-electron chi connectivity index (χ3n) is 4.07. The molecule has 3 rings (SSSR count). The Bertz CT molecular complexity index is 990. The number of rotatable bonds is 6. The van der Waals surface area contributed by atoms with Crippen molar-refractivity contribution in [1.82, 2.24) is 9.78 Å². The summed E-state index contributed by atoms with van der Waals surface area (Å²) in [4.78, 5) is 0. The molecule has 0 unspecified atom stereocenters. The van der Waals surface area contributed by atoms with Crippen molar-refractivity contribution in [3.63, 3.8) is 0 Å². The summed E-state index contributed by atoms with van der Waals surface area (Å²) in [7, 11) is 3.09. The highest BCUT2D eigenvalue weighted by Gasteiger charge is 2.13. The number of nitrogens with one attached hydrogen (secondary N) is 1. The lowest BCUT2D eigenvalue weighted by Crippen LogP contribution is -2.07. The van der Waals surface area contributed by atoms with E-state index in [0.717, 1.165) is 17.0 Å². The van der Waals surface area contributed by atoms with E-state index >= 15 is 0 Å². The lowest BCUT2D eigenvalue weighted by molar-refractivity contribution is 0.414. The van der Waals surface area contributed by atoms with Crippen molar-refractivity contribution in [2.45, 2.75) is 13.5 Å². The molecule has 0 bridgehead atoms. The van der Waals surface area contributed by atoms with Crippen LogP contribution in [-0.4, -0.2) is 24.0 Å². The van der Waals surface area contributed by atoms with Gasteiger partial charge in [0.25, 0.3) is 0 Å². The molecule has 0 aliphatic heterocycles. The number of hydrogen-bond donors (Lipinski definition) is 1. The molecule has 0 amide bonds. The van der Waals surface area contributed by atoms with Crippen LogP contribution in [0.3, 0.4) is 0 Å². The summed E-state index contributed by atoms with van der Waals surface area (Å²) < 4.78 is 26.3. The zero-order valence-corrected chi connectivity index (χ0v) is 15.3. The van der Waals surface area contributed by atoms with Gasteiger partial charge in [-0.2, -0.15) is 10.4 Å². The van der Waals surface area contributed by atoms with Gasteiger partial charge in [0.2, 0.25) is 0 Å². The second-order valence-corrected chi connectivity index (χ2v) is 5.95. The summed E-state index contributed by atoms with van der Waals surface area (Å²) in [5.41, 5.74) is 2.21. The van der Waals surface area contributed by atoms with Crippen LogP contribution in [-0.2, 0) is 6.54 Å². The van der Waals surface area contributed by atoms with Gasteiger partial charge in [-0.25, -0.2) is 9.07 Å². The maximum absolute atomic E-state index is 14.0. The van der Waals surface area contributed by atoms with Crippen molar-refractivity contribution in [2.24, 2.45) is 0 Å². The Labute approximate surface area is 156 Å². The Hall–Kier alpha value is -3.53. The van der Waals surface area contributed by atoms with Crippen LogP contribution in [0, 0.1) is 24.1 Å². The molecule has 0 fully saturated rings. The third kappa shape index (κ3) is 4.01. The highest BCUT2D eigenvalue weighted by molar-refractivity contribution is 5.66. The first kappa shape index (κ1) is 18.3. The van der Waals surface area contributed by atoms with Gasteiger partial charge in [-0.15, -0.1) is 0 Å². The Morgan fingerprint density at radius 1 is 1.15 bits per heavy atom. The van der Waals surface area contributed by atoms with E-state index in [4.69, 9.17) is 14.7 Å². The second-order valence-electron chi connectivity index (χ2n) is 5.95. The van der Waals surface area contributed by atoms with Gasteiger partial charge in [-0.3, -0.25) is 0 Å². The minimum Gasteiger partial charge on any atom is -0.497 e. The number of anilines is 2. The van der Waals surface area contributed by atoms with E-state index in [9.17, 15) is 4.39 Å². The van der Waals surface area contributed by atoms with E-state index in [-0.39, 0.29) is 5.56 Å². The molecule has 1 N–H and O–H groups in total. The van der Waals surface area contributed by atoms with Crippen LogP contribution in [0.4, 0.5) is 15.9 Å². The molecular weight excluding hydrogens is 347 g/mol. The standard InChI is InChI=1S/C20H19FN4O2/c1-13-8-20(23-18-10-17(21)15(11-22)9-19(18)27-3)25(24-13)12-14-4-6-16(26-2)7-5-14/h4-10,23H,12H2,1-3H3. The van der Waals surface area contributed by atoms with Gasteiger partial charge in [0.05, 0.1) is 37.7 Å². The van der Waals surface area contributed by atoms with Gasteiger partial charge in [0.15, 0.2) is 0 Å². The Morgan fingerprint density at radius 2 is 1.89 bits per heavy atom. The lowest BCUT2D eigenvalue weighted by Gasteiger charge is -2.14. The number of methoxy groups -OCH3 is 2. The largest absolute Gasteiger partial charge is 0.497 e. The van der Waals surface area contributed by atoms with Crippen molar-refractivity contribution >= 4 is 11.5 Å². The zero-order chi connectivity index (χ0) is 19.4. The van der Waals surface area contributed by atoms with Crippen molar-refractivity contribution in [3.05, 3.63) is 65.1 Å². The van der Waals surface area contributed by atoms with E-state index in [1.165, 1.54) is 19.2 Å². The summed E-state index contributed by atoms with van der Waals surface area (Å²) in [5.74, 6) is 1.24. The van der Waals surface area contributed by atoms with Gasteiger partial charge in [-0.1, -0.05) is 12.1 Å². The topological polar surface area (TPSA) is 72.1 Å². The molecule has 1 aromatic heterocycles. The average molecular weight is 366 g/mol. The van der Waals surface area contributed by atoms with Crippen LogP contribution in [0.25, 0.3) is 0 Å². The fourth-order valence-electron chi connectivity index (χ4n) is 2.71. The van der Waals surface area contributed by atoms with Crippen LogP contribution in [0.2, 0.25) is 0 Å². The smallest absolute Gasteiger partial charge is 0.143 e. The molecule has 0 saturated carbocycles. The fraction of sp³-hybridized carbons (Fsp3) is 0.200. The number of ether oxygens (including phenoxy) is 2. The van der Waals surface area contributed by atoms with E-state index in [2.05, 4.69) is 10.4 Å². The van der Waals surface area contributed by atoms with Gasteiger partial charge >= 0.3 is 0 Å². The van der Waals surface area contributed by atoms with E-state index < -0.39 is 5.82 Å². The first-order valence-electron chi connectivity index (χ1n) is 8.26. The molecule has 0 aliphatic carbocycles. The lowest BCUT2D eigenvalue weighted by atomic mass is 10.2. The van der Waals surface area contributed by atoms with Crippen molar-refractivity contribution in [2.75, 3.05) is 19.5 Å². The number of aromatic nitrogens is 2. The van der Waals surface area contributed by atoms with Crippen LogP contribution in [0.15, 0.2) is 42.5 Å². The van der Waals surface area contributed by atoms with E-state index in [1.54, 1.807) is 11.8 Å².